The van der Waals surface area contributed by atoms with Crippen molar-refractivity contribution >= 4 is 16.3 Å². The molecule has 0 bridgehead atoms. The number of rotatable bonds is 3. The largest absolute Gasteiger partial charge is 0.330 e. The van der Waals surface area contributed by atoms with Gasteiger partial charge in [0.1, 0.15) is 5.69 Å². The first-order valence-electron chi connectivity index (χ1n) is 6.31. The molecule has 0 aromatic carbocycles. The molecule has 3 aromatic heterocycles. The molecule has 3 aromatic rings. The molecule has 3 heterocycles. The van der Waals surface area contributed by atoms with E-state index < -0.39 is 0 Å². The Bertz CT molecular complexity index is 712. The molecule has 19 heavy (non-hydrogen) atoms. The third-order valence-electron chi connectivity index (χ3n) is 3.32. The normalized spacial score (nSPS) is 11.3. The Labute approximate surface area is 115 Å². The first-order chi connectivity index (χ1) is 9.22. The maximum atomic E-state index is 5.76. The van der Waals surface area contributed by atoms with Crippen molar-refractivity contribution in [1.29, 1.82) is 0 Å². The predicted octanol–water partition coefficient (Wildman–Crippen LogP) is 2.58. The van der Waals surface area contributed by atoms with Crippen molar-refractivity contribution in [3.8, 4) is 11.4 Å². The number of nitrogens with zero attached hydrogens (tertiary/aromatic N) is 3. The maximum absolute atomic E-state index is 5.76. The Kier molecular flexibility index (Phi) is 3.08. The highest BCUT2D eigenvalue weighted by Gasteiger charge is 2.18. The summed E-state index contributed by atoms with van der Waals surface area (Å²) in [6.45, 7) is 4.87. The van der Waals surface area contributed by atoms with Gasteiger partial charge in [-0.3, -0.25) is 9.38 Å². The SMILES string of the molecule is Cc1sc2nc(-c3ccccn3)c(CCN)n2c1C. The van der Waals surface area contributed by atoms with Gasteiger partial charge in [-0.15, -0.1) is 11.3 Å². The third kappa shape index (κ3) is 1.95. The van der Waals surface area contributed by atoms with Gasteiger partial charge in [0.25, 0.3) is 0 Å². The van der Waals surface area contributed by atoms with Gasteiger partial charge in [0, 0.05) is 23.2 Å². The van der Waals surface area contributed by atoms with E-state index >= 15 is 0 Å². The lowest BCUT2D eigenvalue weighted by molar-refractivity contribution is 0.894. The zero-order valence-corrected chi connectivity index (χ0v) is 11.9. The van der Waals surface area contributed by atoms with Crippen LogP contribution in [0, 0.1) is 13.8 Å². The zero-order valence-electron chi connectivity index (χ0n) is 11.1. The van der Waals surface area contributed by atoms with Crippen LogP contribution in [0.3, 0.4) is 0 Å². The molecule has 5 heteroatoms. The lowest BCUT2D eigenvalue weighted by Crippen LogP contribution is -2.07. The summed E-state index contributed by atoms with van der Waals surface area (Å²) in [5.41, 5.74) is 10.0. The fourth-order valence-electron chi connectivity index (χ4n) is 2.29. The van der Waals surface area contributed by atoms with Gasteiger partial charge in [0.2, 0.25) is 0 Å². The maximum Gasteiger partial charge on any atom is 0.194 e. The van der Waals surface area contributed by atoms with Crippen molar-refractivity contribution < 1.29 is 0 Å². The summed E-state index contributed by atoms with van der Waals surface area (Å²) in [6, 6.07) is 5.90. The zero-order chi connectivity index (χ0) is 13.4. The van der Waals surface area contributed by atoms with E-state index in [0.29, 0.717) is 6.54 Å². The summed E-state index contributed by atoms with van der Waals surface area (Å²) in [5, 5.41) is 0. The minimum absolute atomic E-state index is 0.613. The monoisotopic (exact) mass is 272 g/mol. The van der Waals surface area contributed by atoms with E-state index in [1.165, 1.54) is 10.6 Å². The van der Waals surface area contributed by atoms with Crippen LogP contribution in [-0.2, 0) is 6.42 Å². The van der Waals surface area contributed by atoms with Crippen molar-refractivity contribution in [1.82, 2.24) is 14.4 Å². The Morgan fingerprint density at radius 2 is 2.16 bits per heavy atom. The molecule has 0 saturated heterocycles. The number of thiazole rings is 1. The van der Waals surface area contributed by atoms with Gasteiger partial charge in [0.15, 0.2) is 4.96 Å². The quantitative estimate of drug-likeness (QED) is 0.797. The number of fused-ring (bicyclic) bond motifs is 1. The first-order valence-corrected chi connectivity index (χ1v) is 7.13. The van der Waals surface area contributed by atoms with Crippen LogP contribution in [0.25, 0.3) is 16.3 Å². The van der Waals surface area contributed by atoms with Gasteiger partial charge in [-0.25, -0.2) is 4.98 Å². The van der Waals surface area contributed by atoms with Crippen LogP contribution in [0.2, 0.25) is 0 Å². The van der Waals surface area contributed by atoms with Crippen LogP contribution in [0.1, 0.15) is 16.3 Å². The van der Waals surface area contributed by atoms with Crippen LogP contribution >= 0.6 is 11.3 Å². The summed E-state index contributed by atoms with van der Waals surface area (Å²) in [6.07, 6.45) is 2.61. The highest BCUT2D eigenvalue weighted by atomic mass is 32.1. The lowest BCUT2D eigenvalue weighted by Gasteiger charge is -2.04. The van der Waals surface area contributed by atoms with E-state index in [0.717, 1.165) is 28.5 Å². The number of nitrogens with two attached hydrogens (primary N) is 1. The predicted molar refractivity (Wildman–Crippen MR) is 78.5 cm³/mol. The first kappa shape index (κ1) is 12.3. The van der Waals surface area contributed by atoms with Crippen molar-refractivity contribution in [2.45, 2.75) is 20.3 Å². The average Bonchev–Trinajstić information content (AvgIpc) is 2.90. The Morgan fingerprint density at radius 3 is 2.84 bits per heavy atom. The molecule has 0 radical (unpaired) electrons. The van der Waals surface area contributed by atoms with E-state index in [2.05, 4.69) is 23.2 Å². The van der Waals surface area contributed by atoms with E-state index in [9.17, 15) is 0 Å². The Hall–Kier alpha value is -1.72. The van der Waals surface area contributed by atoms with E-state index in [1.54, 1.807) is 17.5 Å². The third-order valence-corrected chi connectivity index (χ3v) is 4.38. The van der Waals surface area contributed by atoms with Gasteiger partial charge >= 0.3 is 0 Å². The van der Waals surface area contributed by atoms with Crippen LogP contribution in [-0.4, -0.2) is 20.9 Å². The lowest BCUT2D eigenvalue weighted by atomic mass is 10.2. The standard InChI is InChI=1S/C14H16N4S/c1-9-10(2)19-14-17-13(11-5-3-4-8-16-11)12(6-7-15)18(9)14/h3-5,8H,6-7,15H2,1-2H3. The fraction of sp³-hybridized carbons (Fsp3) is 0.286. The van der Waals surface area contributed by atoms with Gasteiger partial charge in [-0.2, -0.15) is 0 Å². The molecule has 0 aliphatic rings. The van der Waals surface area contributed by atoms with Crippen LogP contribution in [0.5, 0.6) is 0 Å². The molecule has 3 rings (SSSR count). The van der Waals surface area contributed by atoms with Gasteiger partial charge in [-0.1, -0.05) is 6.07 Å². The van der Waals surface area contributed by atoms with Crippen molar-refractivity contribution in [2.75, 3.05) is 6.54 Å². The van der Waals surface area contributed by atoms with Gasteiger partial charge < -0.3 is 5.73 Å². The van der Waals surface area contributed by atoms with E-state index in [-0.39, 0.29) is 0 Å². The molecule has 0 atom stereocenters. The second-order valence-electron chi connectivity index (χ2n) is 4.52. The second kappa shape index (κ2) is 4.75. The number of pyridine rings is 1. The van der Waals surface area contributed by atoms with E-state index in [4.69, 9.17) is 10.7 Å². The molecule has 0 aliphatic heterocycles. The number of hydrogen-bond acceptors (Lipinski definition) is 4. The molecule has 0 spiro atoms. The number of aromatic nitrogens is 3. The summed E-state index contributed by atoms with van der Waals surface area (Å²) in [4.78, 5) is 11.5. The van der Waals surface area contributed by atoms with Crippen molar-refractivity contribution in [3.05, 3.63) is 40.7 Å². The Balaban J connectivity index is 2.28. The molecule has 0 amide bonds. The number of aryl methyl sites for hydroxylation is 2. The summed E-state index contributed by atoms with van der Waals surface area (Å²) in [5.74, 6) is 0. The smallest absolute Gasteiger partial charge is 0.194 e. The van der Waals surface area contributed by atoms with Gasteiger partial charge in [-0.05, 0) is 32.5 Å². The summed E-state index contributed by atoms with van der Waals surface area (Å²) < 4.78 is 2.22. The molecule has 0 saturated carbocycles. The van der Waals surface area contributed by atoms with Crippen molar-refractivity contribution in [3.63, 3.8) is 0 Å². The van der Waals surface area contributed by atoms with Gasteiger partial charge in [0.05, 0.1) is 11.4 Å². The molecule has 0 unspecified atom stereocenters. The molecular formula is C14H16N4S. The second-order valence-corrected chi connectivity index (χ2v) is 5.70. The van der Waals surface area contributed by atoms with E-state index in [1.807, 2.05) is 18.2 Å². The fourth-order valence-corrected chi connectivity index (χ4v) is 3.28. The number of imidazole rings is 1. The molecular weight excluding hydrogens is 256 g/mol. The summed E-state index contributed by atoms with van der Waals surface area (Å²) >= 11 is 1.72. The highest BCUT2D eigenvalue weighted by molar-refractivity contribution is 7.17. The Morgan fingerprint density at radius 1 is 1.32 bits per heavy atom. The molecule has 2 N–H and O–H groups in total. The molecule has 0 aliphatic carbocycles. The van der Waals surface area contributed by atoms with Crippen LogP contribution < -0.4 is 5.73 Å². The topological polar surface area (TPSA) is 56.2 Å². The molecule has 4 nitrogen and oxygen atoms in total. The molecule has 0 fully saturated rings. The average molecular weight is 272 g/mol. The minimum atomic E-state index is 0.613. The highest BCUT2D eigenvalue weighted by Crippen LogP contribution is 2.29. The van der Waals surface area contributed by atoms with Crippen LogP contribution in [0.15, 0.2) is 24.4 Å². The summed E-state index contributed by atoms with van der Waals surface area (Å²) in [7, 11) is 0. The number of hydrogen-bond donors (Lipinski definition) is 1. The minimum Gasteiger partial charge on any atom is -0.330 e. The molecule has 98 valence electrons. The van der Waals surface area contributed by atoms with Crippen LogP contribution in [0.4, 0.5) is 0 Å². The van der Waals surface area contributed by atoms with Crippen molar-refractivity contribution in [2.24, 2.45) is 5.73 Å².